The molecule has 0 spiro atoms. The molecule has 1 saturated carbocycles. The van der Waals surface area contributed by atoms with Crippen LogP contribution in [-0.2, 0) is 9.53 Å². The van der Waals surface area contributed by atoms with Crippen LogP contribution in [-0.4, -0.2) is 49.3 Å². The molecule has 1 aliphatic carbocycles. The molecule has 0 aromatic heterocycles. The highest BCUT2D eigenvalue weighted by atomic mass is 16.5. The van der Waals surface area contributed by atoms with Crippen molar-refractivity contribution in [3.05, 3.63) is 24.3 Å². The van der Waals surface area contributed by atoms with Crippen molar-refractivity contribution in [2.24, 2.45) is 5.92 Å². The fourth-order valence-corrected chi connectivity index (χ4v) is 3.69. The minimum Gasteiger partial charge on any atom is -0.494 e. The van der Waals surface area contributed by atoms with Crippen LogP contribution in [0.5, 0.6) is 5.75 Å². The van der Waals surface area contributed by atoms with Crippen molar-refractivity contribution in [2.75, 3.05) is 38.2 Å². The zero-order valence-electron chi connectivity index (χ0n) is 16.8. The smallest absolute Gasteiger partial charge is 0.256 e. The van der Waals surface area contributed by atoms with Crippen molar-refractivity contribution < 1.29 is 14.3 Å². The molecule has 0 bridgehead atoms. The van der Waals surface area contributed by atoms with Crippen molar-refractivity contribution in [3.63, 3.8) is 0 Å². The minimum absolute atomic E-state index is 0.0438. The first-order valence-corrected chi connectivity index (χ1v) is 10.5. The van der Waals surface area contributed by atoms with Gasteiger partial charge >= 0.3 is 0 Å². The molecule has 150 valence electrons. The number of nitrogens with zero attached hydrogens (tertiary/aromatic N) is 1. The van der Waals surface area contributed by atoms with Crippen molar-refractivity contribution >= 4 is 11.6 Å². The number of carbonyl (C=O) groups is 1. The van der Waals surface area contributed by atoms with Gasteiger partial charge in [-0.15, -0.1) is 0 Å². The van der Waals surface area contributed by atoms with Gasteiger partial charge < -0.3 is 19.7 Å². The molecule has 27 heavy (non-hydrogen) atoms. The number of ether oxygens (including phenoxy) is 2. The van der Waals surface area contributed by atoms with Crippen LogP contribution >= 0.6 is 0 Å². The van der Waals surface area contributed by atoms with Gasteiger partial charge in [0.1, 0.15) is 11.4 Å². The molecule has 0 radical (unpaired) electrons. The van der Waals surface area contributed by atoms with Gasteiger partial charge in [-0.25, -0.2) is 0 Å². The predicted molar refractivity (Wildman–Crippen MR) is 108 cm³/mol. The third-order valence-corrected chi connectivity index (χ3v) is 5.61. The topological polar surface area (TPSA) is 50.8 Å². The molecule has 5 nitrogen and oxygen atoms in total. The average Bonchev–Trinajstić information content (AvgIpc) is 3.42. The predicted octanol–water partition coefficient (Wildman–Crippen LogP) is 4.09. The SMILES string of the molecule is CCCO[C@](C)(C(=O)Nc1ccc(OCCCN2CCCC2)cc1)C1CC1. The van der Waals surface area contributed by atoms with E-state index in [1.54, 1.807) is 0 Å². The summed E-state index contributed by atoms with van der Waals surface area (Å²) in [6, 6.07) is 7.65. The summed E-state index contributed by atoms with van der Waals surface area (Å²) >= 11 is 0. The van der Waals surface area contributed by atoms with Crippen LogP contribution in [0.4, 0.5) is 5.69 Å². The molecular formula is C22H34N2O3. The van der Waals surface area contributed by atoms with Crippen molar-refractivity contribution in [1.82, 2.24) is 4.90 Å². The van der Waals surface area contributed by atoms with Crippen LogP contribution in [0.3, 0.4) is 0 Å². The fourth-order valence-electron chi connectivity index (χ4n) is 3.69. The number of amides is 1. The summed E-state index contributed by atoms with van der Waals surface area (Å²) in [5.41, 5.74) is 0.0668. The highest BCUT2D eigenvalue weighted by Gasteiger charge is 2.48. The van der Waals surface area contributed by atoms with Crippen molar-refractivity contribution in [1.29, 1.82) is 0 Å². The maximum absolute atomic E-state index is 12.8. The van der Waals surface area contributed by atoms with Gasteiger partial charge in [0.15, 0.2) is 0 Å². The summed E-state index contributed by atoms with van der Waals surface area (Å²) < 4.78 is 11.8. The van der Waals surface area contributed by atoms with Crippen molar-refractivity contribution in [2.45, 2.75) is 58.0 Å². The first-order valence-electron chi connectivity index (χ1n) is 10.5. The molecule has 1 amide bonds. The summed E-state index contributed by atoms with van der Waals surface area (Å²) in [6.45, 7) is 8.91. The Kier molecular flexibility index (Phi) is 7.13. The Bertz CT molecular complexity index is 594. The van der Waals surface area contributed by atoms with E-state index in [0.29, 0.717) is 12.5 Å². The maximum Gasteiger partial charge on any atom is 0.256 e. The molecule has 0 unspecified atom stereocenters. The van der Waals surface area contributed by atoms with Gasteiger partial charge in [0.2, 0.25) is 0 Å². The summed E-state index contributed by atoms with van der Waals surface area (Å²) in [7, 11) is 0. The molecule has 1 heterocycles. The second kappa shape index (κ2) is 9.56. The number of carbonyl (C=O) groups excluding carboxylic acids is 1. The van der Waals surface area contributed by atoms with Gasteiger partial charge in [0.05, 0.1) is 6.61 Å². The van der Waals surface area contributed by atoms with Gasteiger partial charge in [-0.1, -0.05) is 6.92 Å². The Balaban J connectivity index is 1.44. The molecule has 1 saturated heterocycles. The molecule has 1 aromatic carbocycles. The molecule has 1 atom stereocenters. The maximum atomic E-state index is 12.8. The van der Waals surface area contributed by atoms with E-state index in [2.05, 4.69) is 17.1 Å². The van der Waals surface area contributed by atoms with Gasteiger partial charge in [-0.3, -0.25) is 4.79 Å². The van der Waals surface area contributed by atoms with Crippen LogP contribution < -0.4 is 10.1 Å². The number of benzene rings is 1. The normalized spacial score (nSPS) is 19.6. The van der Waals surface area contributed by atoms with Crippen LogP contribution in [0.1, 0.15) is 52.4 Å². The Hall–Kier alpha value is -1.59. The quantitative estimate of drug-likeness (QED) is 0.593. The monoisotopic (exact) mass is 374 g/mol. The lowest BCUT2D eigenvalue weighted by molar-refractivity contribution is -0.142. The van der Waals surface area contributed by atoms with E-state index < -0.39 is 5.60 Å². The number of nitrogens with one attached hydrogen (secondary N) is 1. The van der Waals surface area contributed by atoms with Crippen LogP contribution in [0.25, 0.3) is 0 Å². The van der Waals surface area contributed by atoms with E-state index in [-0.39, 0.29) is 5.91 Å². The van der Waals surface area contributed by atoms with Gasteiger partial charge in [0.25, 0.3) is 5.91 Å². The van der Waals surface area contributed by atoms with E-state index in [9.17, 15) is 4.79 Å². The zero-order valence-corrected chi connectivity index (χ0v) is 16.8. The largest absolute Gasteiger partial charge is 0.494 e. The number of hydrogen-bond acceptors (Lipinski definition) is 4. The summed E-state index contributed by atoms with van der Waals surface area (Å²) in [4.78, 5) is 15.3. The molecule has 1 aromatic rings. The van der Waals surface area contributed by atoms with Crippen LogP contribution in [0.15, 0.2) is 24.3 Å². The highest BCUT2D eigenvalue weighted by Crippen LogP contribution is 2.42. The number of hydrogen-bond donors (Lipinski definition) is 1. The zero-order chi connectivity index (χ0) is 19.1. The summed E-state index contributed by atoms with van der Waals surface area (Å²) in [6.07, 6.45) is 6.76. The summed E-state index contributed by atoms with van der Waals surface area (Å²) in [5, 5.41) is 3.02. The van der Waals surface area contributed by atoms with E-state index in [1.807, 2.05) is 31.2 Å². The average molecular weight is 375 g/mol. The number of anilines is 1. The standard InChI is InChI=1S/C22H34N2O3/c1-3-16-27-22(2,18-7-8-18)21(25)23-19-9-11-20(12-10-19)26-17-6-15-24-13-4-5-14-24/h9-12,18H,3-8,13-17H2,1-2H3,(H,23,25)/t22-/m0/s1. The fraction of sp³-hybridized carbons (Fsp3) is 0.682. The molecule has 1 N–H and O–H groups in total. The summed E-state index contributed by atoms with van der Waals surface area (Å²) in [5.74, 6) is 1.14. The number of likely N-dealkylation sites (tertiary alicyclic amines) is 1. The second-order valence-corrected chi connectivity index (χ2v) is 7.96. The Morgan fingerprint density at radius 2 is 1.89 bits per heavy atom. The van der Waals surface area contributed by atoms with Gasteiger partial charge in [0, 0.05) is 18.8 Å². The third kappa shape index (κ3) is 5.69. The van der Waals surface area contributed by atoms with Gasteiger partial charge in [-0.05, 0) is 88.7 Å². The molecule has 3 rings (SSSR count). The van der Waals surface area contributed by atoms with Gasteiger partial charge in [-0.2, -0.15) is 0 Å². The third-order valence-electron chi connectivity index (χ3n) is 5.61. The Morgan fingerprint density at radius 1 is 1.19 bits per heavy atom. The van der Waals surface area contributed by atoms with Crippen molar-refractivity contribution in [3.8, 4) is 5.75 Å². The van der Waals surface area contributed by atoms with E-state index in [0.717, 1.165) is 50.3 Å². The molecule has 1 aliphatic heterocycles. The lowest BCUT2D eigenvalue weighted by Crippen LogP contribution is -2.45. The van der Waals surface area contributed by atoms with E-state index >= 15 is 0 Å². The first kappa shape index (κ1) is 20.2. The van der Waals surface area contributed by atoms with Crippen LogP contribution in [0.2, 0.25) is 0 Å². The molecular weight excluding hydrogens is 340 g/mol. The molecule has 5 heteroatoms. The second-order valence-electron chi connectivity index (χ2n) is 7.96. The Labute approximate surface area is 163 Å². The first-order chi connectivity index (χ1) is 13.1. The van der Waals surface area contributed by atoms with E-state index in [1.165, 1.54) is 25.9 Å². The lowest BCUT2D eigenvalue weighted by Gasteiger charge is -2.28. The van der Waals surface area contributed by atoms with E-state index in [4.69, 9.17) is 9.47 Å². The minimum atomic E-state index is -0.721. The number of rotatable bonds is 11. The highest BCUT2D eigenvalue weighted by molar-refractivity contribution is 5.97. The molecule has 2 aliphatic rings. The lowest BCUT2D eigenvalue weighted by atomic mass is 9.98. The Morgan fingerprint density at radius 3 is 2.52 bits per heavy atom. The van der Waals surface area contributed by atoms with Crippen LogP contribution in [0, 0.1) is 5.92 Å². The molecule has 2 fully saturated rings.